The molecule has 0 bridgehead atoms. The highest BCUT2D eigenvalue weighted by molar-refractivity contribution is 14.1. The van der Waals surface area contributed by atoms with Crippen molar-refractivity contribution in [3.8, 4) is 5.75 Å². The maximum absolute atomic E-state index is 12.2. The van der Waals surface area contributed by atoms with Gasteiger partial charge in [0.2, 0.25) is 0 Å². The van der Waals surface area contributed by atoms with Crippen molar-refractivity contribution < 1.29 is 19.4 Å². The van der Waals surface area contributed by atoms with E-state index < -0.39 is 18.0 Å². The van der Waals surface area contributed by atoms with E-state index in [2.05, 4.69) is 33.1 Å². The van der Waals surface area contributed by atoms with Crippen molar-refractivity contribution in [2.45, 2.75) is 6.10 Å². The third-order valence-corrected chi connectivity index (χ3v) is 4.88. The monoisotopic (exact) mass is 500 g/mol. The van der Waals surface area contributed by atoms with Crippen LogP contribution in [0.5, 0.6) is 5.75 Å². The molecule has 3 aromatic carbocycles. The number of nitrogens with zero attached hydrogens (tertiary/aromatic N) is 1. The molecule has 146 valence electrons. The summed E-state index contributed by atoms with van der Waals surface area (Å²) in [6.07, 6.45) is 0.136. The Morgan fingerprint density at radius 2 is 1.62 bits per heavy atom. The number of aliphatic hydroxyl groups is 1. The van der Waals surface area contributed by atoms with E-state index >= 15 is 0 Å². The molecule has 3 rings (SSSR count). The lowest BCUT2D eigenvalue weighted by atomic mass is 10.1. The molecule has 7 heteroatoms. The Labute approximate surface area is 181 Å². The zero-order valence-corrected chi connectivity index (χ0v) is 17.3. The van der Waals surface area contributed by atoms with Crippen molar-refractivity contribution in [1.29, 1.82) is 0 Å². The lowest BCUT2D eigenvalue weighted by Gasteiger charge is -2.08. The van der Waals surface area contributed by atoms with Gasteiger partial charge in [0.15, 0.2) is 6.10 Å². The number of hydrogen-bond donors (Lipinski definition) is 2. The molecule has 1 unspecified atom stereocenters. The Morgan fingerprint density at radius 3 is 2.31 bits per heavy atom. The second-order valence-corrected chi connectivity index (χ2v) is 7.15. The minimum absolute atomic E-state index is 0.398. The first-order valence-electron chi connectivity index (χ1n) is 8.67. The Bertz CT molecular complexity index is 1020. The molecular weight excluding hydrogens is 483 g/mol. The van der Waals surface area contributed by atoms with E-state index in [4.69, 9.17) is 4.74 Å². The smallest absolute Gasteiger partial charge is 0.344 e. The Balaban J connectivity index is 1.55. The molecule has 1 amide bonds. The highest BCUT2D eigenvalue weighted by Gasteiger charge is 2.16. The third-order valence-electron chi connectivity index (χ3n) is 3.94. The average Bonchev–Trinajstić information content (AvgIpc) is 2.75. The highest BCUT2D eigenvalue weighted by atomic mass is 127. The second kappa shape index (κ2) is 9.94. The molecule has 0 aliphatic heterocycles. The molecule has 6 nitrogen and oxygen atoms in total. The van der Waals surface area contributed by atoms with Gasteiger partial charge in [-0.05, 0) is 70.1 Å². The predicted octanol–water partition coefficient (Wildman–Crippen LogP) is 3.69. The van der Waals surface area contributed by atoms with Crippen LogP contribution in [0, 0.1) is 3.57 Å². The molecule has 3 aromatic rings. The van der Waals surface area contributed by atoms with E-state index in [9.17, 15) is 14.7 Å². The number of hydrazone groups is 1. The van der Waals surface area contributed by atoms with E-state index in [0.29, 0.717) is 22.4 Å². The van der Waals surface area contributed by atoms with Crippen LogP contribution in [0.1, 0.15) is 27.6 Å². The molecule has 29 heavy (non-hydrogen) atoms. The number of esters is 1. The first-order chi connectivity index (χ1) is 14.0. The SMILES string of the molecule is O=C(Oc1ccc(C=NNC(=O)C(O)c2ccccc2)cc1)c1ccccc1I. The van der Waals surface area contributed by atoms with E-state index in [0.717, 1.165) is 3.57 Å². The maximum atomic E-state index is 12.2. The molecule has 0 fully saturated rings. The minimum atomic E-state index is -1.30. The van der Waals surface area contributed by atoms with Crippen molar-refractivity contribution in [3.05, 3.63) is 99.1 Å². The maximum Gasteiger partial charge on any atom is 0.344 e. The number of hydrogen-bond acceptors (Lipinski definition) is 5. The van der Waals surface area contributed by atoms with Crippen molar-refractivity contribution in [2.75, 3.05) is 0 Å². The van der Waals surface area contributed by atoms with Gasteiger partial charge in [0, 0.05) is 3.57 Å². The molecule has 0 saturated heterocycles. The average molecular weight is 500 g/mol. The summed E-state index contributed by atoms with van der Waals surface area (Å²) in [5.74, 6) is -0.663. The van der Waals surface area contributed by atoms with Crippen LogP contribution in [0.3, 0.4) is 0 Å². The topological polar surface area (TPSA) is 88.0 Å². The molecule has 0 saturated carbocycles. The number of amides is 1. The van der Waals surface area contributed by atoms with Crippen molar-refractivity contribution >= 4 is 40.7 Å². The fourth-order valence-electron chi connectivity index (χ4n) is 2.43. The van der Waals surface area contributed by atoms with Gasteiger partial charge < -0.3 is 9.84 Å². The number of halogens is 1. The number of nitrogens with one attached hydrogen (secondary N) is 1. The van der Waals surface area contributed by atoms with E-state index in [1.165, 1.54) is 6.21 Å². The summed E-state index contributed by atoms with van der Waals surface area (Å²) in [6.45, 7) is 0. The van der Waals surface area contributed by atoms with Gasteiger partial charge in [0.1, 0.15) is 5.75 Å². The first kappa shape index (κ1) is 20.7. The van der Waals surface area contributed by atoms with Crippen LogP contribution in [0.4, 0.5) is 0 Å². The van der Waals surface area contributed by atoms with Crippen molar-refractivity contribution in [3.63, 3.8) is 0 Å². The summed E-state index contributed by atoms with van der Waals surface area (Å²) in [4.78, 5) is 24.2. The highest BCUT2D eigenvalue weighted by Crippen LogP contribution is 2.17. The van der Waals surface area contributed by atoms with Crippen LogP contribution in [0.2, 0.25) is 0 Å². The molecule has 0 aromatic heterocycles. The van der Waals surface area contributed by atoms with Crippen LogP contribution in [0.25, 0.3) is 0 Å². The number of carbonyl (C=O) groups excluding carboxylic acids is 2. The summed E-state index contributed by atoms with van der Waals surface area (Å²) < 4.78 is 6.18. The third kappa shape index (κ3) is 5.72. The molecule has 0 heterocycles. The lowest BCUT2D eigenvalue weighted by Crippen LogP contribution is -2.25. The first-order valence-corrected chi connectivity index (χ1v) is 9.75. The van der Waals surface area contributed by atoms with Crippen LogP contribution in [-0.4, -0.2) is 23.2 Å². The fourth-order valence-corrected chi connectivity index (χ4v) is 3.04. The zero-order chi connectivity index (χ0) is 20.6. The van der Waals surface area contributed by atoms with Crippen molar-refractivity contribution in [2.24, 2.45) is 5.10 Å². The molecule has 0 radical (unpaired) electrons. The largest absolute Gasteiger partial charge is 0.423 e. The van der Waals surface area contributed by atoms with E-state index in [1.807, 2.05) is 12.1 Å². The van der Waals surface area contributed by atoms with Gasteiger partial charge >= 0.3 is 5.97 Å². The van der Waals surface area contributed by atoms with Gasteiger partial charge in [0.05, 0.1) is 11.8 Å². The minimum Gasteiger partial charge on any atom is -0.423 e. The van der Waals surface area contributed by atoms with Crippen molar-refractivity contribution in [1.82, 2.24) is 5.43 Å². The van der Waals surface area contributed by atoms with Crippen LogP contribution in [0.15, 0.2) is 84.0 Å². The molecule has 0 aliphatic rings. The zero-order valence-electron chi connectivity index (χ0n) is 15.2. The summed E-state index contributed by atoms with van der Waals surface area (Å²) in [5.41, 5.74) is 3.97. The quantitative estimate of drug-likeness (QED) is 0.178. The van der Waals surface area contributed by atoms with Gasteiger partial charge in [-0.15, -0.1) is 0 Å². The number of aliphatic hydroxyl groups excluding tert-OH is 1. The molecule has 0 aliphatic carbocycles. The number of carbonyl (C=O) groups is 2. The Morgan fingerprint density at radius 1 is 0.966 bits per heavy atom. The Kier molecular flexibility index (Phi) is 7.09. The fraction of sp³-hybridized carbons (Fsp3) is 0.0455. The second-order valence-electron chi connectivity index (χ2n) is 5.99. The Hall–Kier alpha value is -3.04. The standard InChI is InChI=1S/C22H17IN2O4/c23-19-9-5-4-8-18(19)22(28)29-17-12-10-15(11-13-17)14-24-25-21(27)20(26)16-6-2-1-3-7-16/h1-14,20,26H,(H,25,27). The van der Waals surface area contributed by atoms with Gasteiger partial charge in [0.25, 0.3) is 5.91 Å². The van der Waals surface area contributed by atoms with Crippen LogP contribution in [-0.2, 0) is 4.79 Å². The molecular formula is C22H17IN2O4. The normalized spacial score (nSPS) is 11.8. The summed E-state index contributed by atoms with van der Waals surface area (Å²) >= 11 is 2.08. The summed E-state index contributed by atoms with van der Waals surface area (Å²) in [5, 5.41) is 13.8. The number of benzene rings is 3. The summed E-state index contributed by atoms with van der Waals surface area (Å²) in [7, 11) is 0. The van der Waals surface area contributed by atoms with Gasteiger partial charge in [-0.25, -0.2) is 10.2 Å². The van der Waals surface area contributed by atoms with Crippen LogP contribution < -0.4 is 10.2 Å². The van der Waals surface area contributed by atoms with Gasteiger partial charge in [-0.2, -0.15) is 5.10 Å². The molecule has 1 atom stereocenters. The predicted molar refractivity (Wildman–Crippen MR) is 118 cm³/mol. The van der Waals surface area contributed by atoms with Gasteiger partial charge in [-0.1, -0.05) is 42.5 Å². The van der Waals surface area contributed by atoms with Gasteiger partial charge in [-0.3, -0.25) is 4.79 Å². The molecule has 2 N–H and O–H groups in total. The van der Waals surface area contributed by atoms with E-state index in [1.54, 1.807) is 66.7 Å². The van der Waals surface area contributed by atoms with Crippen LogP contribution >= 0.6 is 22.6 Å². The molecule has 0 spiro atoms. The van der Waals surface area contributed by atoms with E-state index in [-0.39, 0.29) is 0 Å². The number of ether oxygens (including phenoxy) is 1. The number of rotatable bonds is 6. The lowest BCUT2D eigenvalue weighted by molar-refractivity contribution is -0.129. The summed E-state index contributed by atoms with van der Waals surface area (Å²) in [6, 6.07) is 22.4.